The molecule has 126 valence electrons. The van der Waals surface area contributed by atoms with Gasteiger partial charge in [0.15, 0.2) is 0 Å². The zero-order valence-corrected chi connectivity index (χ0v) is 14.9. The van der Waals surface area contributed by atoms with Crippen LogP contribution in [0.2, 0.25) is 0 Å². The van der Waals surface area contributed by atoms with E-state index in [0.717, 1.165) is 42.5 Å². The molecule has 0 unspecified atom stereocenters. The highest BCUT2D eigenvalue weighted by molar-refractivity contribution is 7.08. The molecule has 5 nitrogen and oxygen atoms in total. The zero-order valence-electron chi connectivity index (χ0n) is 14.1. The maximum absolute atomic E-state index is 5.87. The lowest BCUT2D eigenvalue weighted by molar-refractivity contribution is 0.194. The van der Waals surface area contributed by atoms with Crippen molar-refractivity contribution in [2.45, 2.75) is 32.2 Å². The van der Waals surface area contributed by atoms with Gasteiger partial charge in [-0.3, -0.25) is 9.58 Å². The highest BCUT2D eigenvalue weighted by Crippen LogP contribution is 2.29. The maximum Gasteiger partial charge on any atom is 0.227 e. The van der Waals surface area contributed by atoms with Crippen LogP contribution in [0.3, 0.4) is 0 Å². The molecule has 0 bridgehead atoms. The molecule has 0 N–H and O–H groups in total. The van der Waals surface area contributed by atoms with Crippen molar-refractivity contribution in [3.05, 3.63) is 46.2 Å². The Morgan fingerprint density at radius 2 is 2.29 bits per heavy atom. The van der Waals surface area contributed by atoms with Crippen molar-refractivity contribution in [1.82, 2.24) is 19.7 Å². The normalized spacial score (nSPS) is 19.0. The number of nitrogens with zero attached hydrogens (tertiary/aromatic N) is 4. The van der Waals surface area contributed by atoms with Gasteiger partial charge in [0.25, 0.3) is 0 Å². The van der Waals surface area contributed by atoms with E-state index in [9.17, 15) is 0 Å². The van der Waals surface area contributed by atoms with Crippen molar-refractivity contribution in [2.75, 3.05) is 13.1 Å². The van der Waals surface area contributed by atoms with Crippen LogP contribution in [0.5, 0.6) is 0 Å². The molecular weight excluding hydrogens is 320 g/mol. The Bertz CT molecular complexity index is 805. The molecular formula is C18H22N4OS. The van der Waals surface area contributed by atoms with Crippen LogP contribution in [0.1, 0.15) is 35.9 Å². The lowest BCUT2D eigenvalue weighted by Crippen LogP contribution is -2.34. The number of aryl methyl sites for hydroxylation is 2. The van der Waals surface area contributed by atoms with Gasteiger partial charge < -0.3 is 4.42 Å². The molecule has 3 aromatic heterocycles. The van der Waals surface area contributed by atoms with Crippen LogP contribution in [0.4, 0.5) is 0 Å². The largest absolute Gasteiger partial charge is 0.441 e. The van der Waals surface area contributed by atoms with Crippen LogP contribution in [-0.2, 0) is 13.6 Å². The minimum Gasteiger partial charge on any atom is -0.441 e. The Morgan fingerprint density at radius 3 is 3.04 bits per heavy atom. The van der Waals surface area contributed by atoms with Gasteiger partial charge in [0.1, 0.15) is 5.76 Å². The number of oxazole rings is 1. The van der Waals surface area contributed by atoms with Gasteiger partial charge >= 0.3 is 0 Å². The first-order valence-corrected chi connectivity index (χ1v) is 9.34. The minimum atomic E-state index is 0.551. The van der Waals surface area contributed by atoms with Gasteiger partial charge in [0.2, 0.25) is 5.89 Å². The van der Waals surface area contributed by atoms with Gasteiger partial charge in [-0.1, -0.05) is 0 Å². The van der Waals surface area contributed by atoms with Gasteiger partial charge in [0, 0.05) is 48.9 Å². The number of hydrogen-bond donors (Lipinski definition) is 0. The van der Waals surface area contributed by atoms with Crippen LogP contribution in [0.15, 0.2) is 33.5 Å². The summed E-state index contributed by atoms with van der Waals surface area (Å²) in [5.74, 6) is 2.22. The second-order valence-corrected chi connectivity index (χ2v) is 7.27. The minimum absolute atomic E-state index is 0.551. The molecule has 0 aromatic carbocycles. The summed E-state index contributed by atoms with van der Waals surface area (Å²) < 4.78 is 7.88. The highest BCUT2D eigenvalue weighted by Gasteiger charge is 2.25. The molecule has 1 fully saturated rings. The number of rotatable bonds is 4. The van der Waals surface area contributed by atoms with Crippen LogP contribution in [0.25, 0.3) is 11.5 Å². The molecule has 4 heterocycles. The summed E-state index contributed by atoms with van der Waals surface area (Å²) in [5, 5.41) is 8.45. The number of aromatic nitrogens is 3. The summed E-state index contributed by atoms with van der Waals surface area (Å²) in [6.45, 7) is 5.04. The lowest BCUT2D eigenvalue weighted by atomic mass is 9.94. The van der Waals surface area contributed by atoms with Crippen molar-refractivity contribution in [3.63, 3.8) is 0 Å². The molecule has 0 amide bonds. The third kappa shape index (κ3) is 3.03. The Labute approximate surface area is 145 Å². The fourth-order valence-corrected chi connectivity index (χ4v) is 4.15. The Kier molecular flexibility index (Phi) is 4.24. The molecule has 1 aliphatic heterocycles. The second-order valence-electron chi connectivity index (χ2n) is 6.49. The second kappa shape index (κ2) is 6.53. The first-order chi connectivity index (χ1) is 11.7. The first kappa shape index (κ1) is 15.6. The van der Waals surface area contributed by atoms with E-state index in [1.807, 2.05) is 24.9 Å². The van der Waals surface area contributed by atoms with E-state index in [1.54, 1.807) is 11.3 Å². The molecule has 24 heavy (non-hydrogen) atoms. The van der Waals surface area contributed by atoms with Crippen molar-refractivity contribution < 1.29 is 4.42 Å². The Morgan fingerprint density at radius 1 is 1.38 bits per heavy atom. The van der Waals surface area contributed by atoms with Crippen molar-refractivity contribution in [3.8, 4) is 11.5 Å². The summed E-state index contributed by atoms with van der Waals surface area (Å²) >= 11 is 1.67. The number of thiophene rings is 1. The summed E-state index contributed by atoms with van der Waals surface area (Å²) in [6.07, 6.45) is 4.33. The molecule has 1 saturated heterocycles. The summed E-state index contributed by atoms with van der Waals surface area (Å²) in [4.78, 5) is 7.22. The van der Waals surface area contributed by atoms with Crippen LogP contribution < -0.4 is 0 Å². The SMILES string of the molecule is Cc1oc(-c2ccsc2)nc1CN1CCC[C@H](c2ccnn2C)C1. The summed E-state index contributed by atoms with van der Waals surface area (Å²) in [6, 6.07) is 4.20. The third-order valence-electron chi connectivity index (χ3n) is 4.82. The average molecular weight is 342 g/mol. The maximum atomic E-state index is 5.87. The standard InChI is InChI=1S/C18H22N4OS/c1-13-16(20-18(23-13)15-6-9-24-12-15)11-22-8-3-4-14(10-22)17-5-7-19-21(17)2/h5-7,9,12,14H,3-4,8,10-11H2,1-2H3/t14-/m0/s1. The molecule has 0 spiro atoms. The molecule has 6 heteroatoms. The number of piperidine rings is 1. The lowest BCUT2D eigenvalue weighted by Gasteiger charge is -2.32. The van der Waals surface area contributed by atoms with E-state index in [-0.39, 0.29) is 0 Å². The van der Waals surface area contributed by atoms with Crippen molar-refractivity contribution >= 4 is 11.3 Å². The summed E-state index contributed by atoms with van der Waals surface area (Å²) in [5.41, 5.74) is 3.46. The zero-order chi connectivity index (χ0) is 16.5. The van der Waals surface area contributed by atoms with Gasteiger partial charge in [-0.25, -0.2) is 4.98 Å². The Balaban J connectivity index is 1.48. The fraction of sp³-hybridized carbons (Fsp3) is 0.444. The van der Waals surface area contributed by atoms with E-state index in [0.29, 0.717) is 5.92 Å². The Hall–Kier alpha value is -1.92. The van der Waals surface area contributed by atoms with Crippen molar-refractivity contribution in [1.29, 1.82) is 0 Å². The topological polar surface area (TPSA) is 47.1 Å². The molecule has 3 aromatic rings. The van der Waals surface area contributed by atoms with E-state index in [4.69, 9.17) is 9.40 Å². The predicted molar refractivity (Wildman–Crippen MR) is 95.0 cm³/mol. The molecule has 1 aliphatic rings. The first-order valence-electron chi connectivity index (χ1n) is 8.40. The molecule has 0 radical (unpaired) electrons. The monoisotopic (exact) mass is 342 g/mol. The van der Waals surface area contributed by atoms with Gasteiger partial charge in [0.05, 0.1) is 5.69 Å². The van der Waals surface area contributed by atoms with E-state index in [2.05, 4.69) is 32.9 Å². The number of hydrogen-bond acceptors (Lipinski definition) is 5. The van der Waals surface area contributed by atoms with Crippen LogP contribution in [-0.4, -0.2) is 32.8 Å². The molecule has 1 atom stereocenters. The van der Waals surface area contributed by atoms with Gasteiger partial charge in [-0.2, -0.15) is 16.4 Å². The molecule has 0 saturated carbocycles. The quantitative estimate of drug-likeness (QED) is 0.723. The molecule has 0 aliphatic carbocycles. The van der Waals surface area contributed by atoms with Gasteiger partial charge in [-0.15, -0.1) is 0 Å². The smallest absolute Gasteiger partial charge is 0.227 e. The van der Waals surface area contributed by atoms with Crippen LogP contribution in [0, 0.1) is 6.92 Å². The van der Waals surface area contributed by atoms with Crippen molar-refractivity contribution in [2.24, 2.45) is 7.05 Å². The fourth-order valence-electron chi connectivity index (χ4n) is 3.52. The van der Waals surface area contributed by atoms with E-state index >= 15 is 0 Å². The van der Waals surface area contributed by atoms with E-state index < -0.39 is 0 Å². The van der Waals surface area contributed by atoms with Crippen LogP contribution >= 0.6 is 11.3 Å². The summed E-state index contributed by atoms with van der Waals surface area (Å²) in [7, 11) is 2.03. The number of likely N-dealkylation sites (tertiary alicyclic amines) is 1. The van der Waals surface area contributed by atoms with E-state index in [1.165, 1.54) is 18.5 Å². The predicted octanol–water partition coefficient (Wildman–Crippen LogP) is 3.82. The highest BCUT2D eigenvalue weighted by atomic mass is 32.1. The third-order valence-corrected chi connectivity index (χ3v) is 5.50. The molecule has 4 rings (SSSR count). The average Bonchev–Trinajstić information content (AvgIpc) is 3.30. The van der Waals surface area contributed by atoms with Gasteiger partial charge in [-0.05, 0) is 43.8 Å².